The van der Waals surface area contributed by atoms with Crippen molar-refractivity contribution in [2.45, 2.75) is 0 Å². The van der Waals surface area contributed by atoms with Gasteiger partial charge in [-0.25, -0.2) is 0 Å². The van der Waals surface area contributed by atoms with Crippen molar-refractivity contribution >= 4 is 16.7 Å². The molecule has 0 spiro atoms. The molecule has 25 heavy (non-hydrogen) atoms. The quantitative estimate of drug-likeness (QED) is 0.686. The molecule has 1 fully saturated rings. The first kappa shape index (κ1) is 16.1. The monoisotopic (exact) mass is 334 g/mol. The molecular formula is C21H22N2O2. The molecule has 1 saturated heterocycles. The Morgan fingerprint density at radius 2 is 1.68 bits per heavy atom. The first-order valence-electron chi connectivity index (χ1n) is 8.72. The number of Topliss-reactive ketones (excluding diaryl/α,β-unsaturated/α-hetero) is 1. The molecule has 2 aromatic carbocycles. The Labute approximate surface area is 147 Å². The topological polar surface area (TPSA) is 34.5 Å². The number of fused-ring (bicyclic) bond motifs is 1. The lowest BCUT2D eigenvalue weighted by atomic mass is 10.0. The van der Waals surface area contributed by atoms with Crippen molar-refractivity contribution in [3.8, 4) is 11.3 Å². The van der Waals surface area contributed by atoms with Crippen LogP contribution in [-0.2, 0) is 11.8 Å². The SMILES string of the molecule is Cn1c(-c2ccccc2)c(C(=O)CN2CCOCC2)c2ccccc21. The zero-order valence-electron chi connectivity index (χ0n) is 14.4. The molecule has 3 aromatic rings. The number of hydrogen-bond acceptors (Lipinski definition) is 3. The maximum atomic E-state index is 13.2. The van der Waals surface area contributed by atoms with Crippen LogP contribution in [0.25, 0.3) is 22.2 Å². The Morgan fingerprint density at radius 1 is 1.00 bits per heavy atom. The van der Waals surface area contributed by atoms with E-state index in [1.54, 1.807) is 0 Å². The average molecular weight is 334 g/mol. The maximum absolute atomic E-state index is 13.2. The van der Waals surface area contributed by atoms with E-state index in [1.165, 1.54) is 0 Å². The van der Waals surface area contributed by atoms with Crippen LogP contribution in [0.2, 0.25) is 0 Å². The first-order valence-corrected chi connectivity index (χ1v) is 8.72. The fourth-order valence-electron chi connectivity index (χ4n) is 3.65. The summed E-state index contributed by atoms with van der Waals surface area (Å²) in [5.41, 5.74) is 3.99. The zero-order chi connectivity index (χ0) is 17.2. The van der Waals surface area contributed by atoms with E-state index in [2.05, 4.69) is 27.7 Å². The normalized spacial score (nSPS) is 15.6. The third-order valence-corrected chi connectivity index (χ3v) is 4.90. The van der Waals surface area contributed by atoms with Gasteiger partial charge in [0.05, 0.1) is 31.0 Å². The fraction of sp³-hybridized carbons (Fsp3) is 0.286. The molecule has 0 atom stereocenters. The van der Waals surface area contributed by atoms with Gasteiger partial charge in [-0.15, -0.1) is 0 Å². The van der Waals surface area contributed by atoms with Crippen LogP contribution in [0.15, 0.2) is 54.6 Å². The highest BCUT2D eigenvalue weighted by atomic mass is 16.5. The second-order valence-corrected chi connectivity index (χ2v) is 6.48. The van der Waals surface area contributed by atoms with Crippen LogP contribution in [0.4, 0.5) is 0 Å². The minimum absolute atomic E-state index is 0.178. The van der Waals surface area contributed by atoms with Crippen LogP contribution >= 0.6 is 0 Å². The smallest absolute Gasteiger partial charge is 0.179 e. The van der Waals surface area contributed by atoms with Gasteiger partial charge in [-0.05, 0) is 11.6 Å². The van der Waals surface area contributed by atoms with Crippen LogP contribution in [0.3, 0.4) is 0 Å². The van der Waals surface area contributed by atoms with Crippen LogP contribution in [0.5, 0.6) is 0 Å². The van der Waals surface area contributed by atoms with Crippen molar-refractivity contribution in [1.29, 1.82) is 0 Å². The number of morpholine rings is 1. The Bertz CT molecular complexity index is 893. The summed E-state index contributed by atoms with van der Waals surface area (Å²) in [4.78, 5) is 15.4. The maximum Gasteiger partial charge on any atom is 0.179 e. The van der Waals surface area contributed by atoms with E-state index in [-0.39, 0.29) is 5.78 Å². The van der Waals surface area contributed by atoms with Crippen molar-refractivity contribution < 1.29 is 9.53 Å². The van der Waals surface area contributed by atoms with Crippen LogP contribution in [0.1, 0.15) is 10.4 Å². The highest BCUT2D eigenvalue weighted by Gasteiger charge is 2.24. The number of para-hydroxylation sites is 1. The van der Waals surface area contributed by atoms with Crippen molar-refractivity contribution in [2.24, 2.45) is 7.05 Å². The average Bonchev–Trinajstić information content (AvgIpc) is 2.96. The molecule has 1 aliphatic heterocycles. The lowest BCUT2D eigenvalue weighted by molar-refractivity contribution is 0.0372. The summed E-state index contributed by atoms with van der Waals surface area (Å²) < 4.78 is 7.53. The molecule has 0 saturated carbocycles. The van der Waals surface area contributed by atoms with Gasteiger partial charge in [0.1, 0.15) is 0 Å². The highest BCUT2D eigenvalue weighted by molar-refractivity contribution is 6.14. The molecule has 2 heterocycles. The minimum Gasteiger partial charge on any atom is -0.379 e. The summed E-state index contributed by atoms with van der Waals surface area (Å²) in [7, 11) is 2.04. The minimum atomic E-state index is 0.178. The van der Waals surface area contributed by atoms with E-state index in [0.717, 1.165) is 40.8 Å². The van der Waals surface area contributed by atoms with E-state index in [4.69, 9.17) is 4.74 Å². The molecule has 0 radical (unpaired) electrons. The fourth-order valence-corrected chi connectivity index (χ4v) is 3.65. The number of aromatic nitrogens is 1. The zero-order valence-corrected chi connectivity index (χ0v) is 14.4. The third-order valence-electron chi connectivity index (χ3n) is 4.90. The molecule has 1 aromatic heterocycles. The van der Waals surface area contributed by atoms with E-state index < -0.39 is 0 Å². The molecule has 0 N–H and O–H groups in total. The summed E-state index contributed by atoms with van der Waals surface area (Å²) in [5, 5.41) is 1.03. The van der Waals surface area contributed by atoms with Crippen molar-refractivity contribution in [1.82, 2.24) is 9.47 Å². The van der Waals surface area contributed by atoms with Gasteiger partial charge in [-0.2, -0.15) is 0 Å². The van der Waals surface area contributed by atoms with Gasteiger partial charge in [0.25, 0.3) is 0 Å². The second-order valence-electron chi connectivity index (χ2n) is 6.48. The molecule has 0 bridgehead atoms. The number of rotatable bonds is 4. The summed E-state index contributed by atoms with van der Waals surface area (Å²) in [6.45, 7) is 3.48. The van der Waals surface area contributed by atoms with Crippen LogP contribution in [0, 0.1) is 0 Å². The van der Waals surface area contributed by atoms with E-state index in [1.807, 2.05) is 43.4 Å². The summed E-state index contributed by atoms with van der Waals surface area (Å²) in [6, 6.07) is 18.3. The third kappa shape index (κ3) is 2.99. The van der Waals surface area contributed by atoms with Gasteiger partial charge in [0.2, 0.25) is 0 Å². The number of hydrogen-bond donors (Lipinski definition) is 0. The van der Waals surface area contributed by atoms with Gasteiger partial charge in [0, 0.05) is 31.0 Å². The summed E-state index contributed by atoms with van der Waals surface area (Å²) >= 11 is 0. The Hall–Kier alpha value is -2.43. The number of carbonyl (C=O) groups is 1. The molecule has 0 unspecified atom stereocenters. The van der Waals surface area contributed by atoms with Gasteiger partial charge >= 0.3 is 0 Å². The van der Waals surface area contributed by atoms with Crippen LogP contribution in [-0.4, -0.2) is 48.1 Å². The predicted octanol–water partition coefficient (Wildman–Crippen LogP) is 3.36. The predicted molar refractivity (Wildman–Crippen MR) is 99.9 cm³/mol. The number of ether oxygens (including phenoxy) is 1. The Morgan fingerprint density at radius 3 is 2.44 bits per heavy atom. The Kier molecular flexibility index (Phi) is 4.38. The van der Waals surface area contributed by atoms with Crippen molar-refractivity contribution in [3.63, 3.8) is 0 Å². The van der Waals surface area contributed by atoms with Gasteiger partial charge in [-0.3, -0.25) is 9.69 Å². The van der Waals surface area contributed by atoms with Gasteiger partial charge in [0.15, 0.2) is 5.78 Å². The molecule has 4 nitrogen and oxygen atoms in total. The molecular weight excluding hydrogens is 312 g/mol. The Balaban J connectivity index is 1.82. The van der Waals surface area contributed by atoms with E-state index >= 15 is 0 Å². The number of benzene rings is 2. The van der Waals surface area contributed by atoms with Crippen LogP contribution < -0.4 is 0 Å². The number of carbonyl (C=O) groups excluding carboxylic acids is 1. The largest absolute Gasteiger partial charge is 0.379 e. The number of ketones is 1. The van der Waals surface area contributed by atoms with E-state index in [9.17, 15) is 4.79 Å². The second kappa shape index (κ2) is 6.82. The number of aryl methyl sites for hydroxylation is 1. The van der Waals surface area contributed by atoms with Gasteiger partial charge < -0.3 is 9.30 Å². The molecule has 1 aliphatic rings. The lowest BCUT2D eigenvalue weighted by Crippen LogP contribution is -2.39. The van der Waals surface area contributed by atoms with Crippen molar-refractivity contribution in [3.05, 3.63) is 60.2 Å². The lowest BCUT2D eigenvalue weighted by Gasteiger charge is -2.25. The molecule has 4 rings (SSSR count). The highest BCUT2D eigenvalue weighted by Crippen LogP contribution is 2.33. The first-order chi connectivity index (χ1) is 12.3. The summed E-state index contributed by atoms with van der Waals surface area (Å²) in [6.07, 6.45) is 0. The van der Waals surface area contributed by atoms with Gasteiger partial charge in [-0.1, -0.05) is 48.5 Å². The van der Waals surface area contributed by atoms with Crippen molar-refractivity contribution in [2.75, 3.05) is 32.8 Å². The summed E-state index contributed by atoms with van der Waals surface area (Å²) in [5.74, 6) is 0.178. The standard InChI is InChI=1S/C21H22N2O2/c1-22-18-10-6-5-9-17(18)20(21(22)16-7-3-2-4-8-16)19(24)15-23-11-13-25-14-12-23/h2-10H,11-15H2,1H3. The number of nitrogens with zero attached hydrogens (tertiary/aromatic N) is 2. The molecule has 0 amide bonds. The molecule has 4 heteroatoms. The molecule has 128 valence electrons. The molecule has 0 aliphatic carbocycles. The van der Waals surface area contributed by atoms with E-state index in [0.29, 0.717) is 19.8 Å².